The van der Waals surface area contributed by atoms with E-state index < -0.39 is 0 Å². The van der Waals surface area contributed by atoms with Gasteiger partial charge in [0, 0.05) is 30.3 Å². The monoisotopic (exact) mass is 359 g/mol. The average molecular weight is 359 g/mol. The van der Waals surface area contributed by atoms with Gasteiger partial charge in [-0.15, -0.1) is 11.3 Å². The van der Waals surface area contributed by atoms with Gasteiger partial charge in [-0.05, 0) is 12.8 Å². The topological polar surface area (TPSA) is 71.1 Å². The Kier molecular flexibility index (Phi) is 8.12. The highest BCUT2D eigenvalue weighted by Gasteiger charge is 2.07. The molecule has 0 unspecified atom stereocenters. The standard InChI is InChI=1S/C19H25N3O2S/c1-2-17(23)20-13-9-4-3-8-12-18(24)22-19-21-16(14-25-19)15-10-6-5-7-11-15/h5-7,10-11,14H,2-4,8-9,12-13H2,1H3,(H,20,23)(H,21,22,24). The zero-order chi connectivity index (χ0) is 17.9. The number of rotatable bonds is 10. The molecule has 0 atom stereocenters. The molecule has 0 aliphatic carbocycles. The Balaban J connectivity index is 1.61. The van der Waals surface area contributed by atoms with Crippen molar-refractivity contribution in [2.75, 3.05) is 11.9 Å². The highest BCUT2D eigenvalue weighted by Crippen LogP contribution is 2.24. The number of amides is 2. The van der Waals surface area contributed by atoms with Crippen molar-refractivity contribution in [3.63, 3.8) is 0 Å². The van der Waals surface area contributed by atoms with E-state index in [1.165, 1.54) is 11.3 Å². The van der Waals surface area contributed by atoms with Crippen LogP contribution in [0.5, 0.6) is 0 Å². The van der Waals surface area contributed by atoms with E-state index >= 15 is 0 Å². The summed E-state index contributed by atoms with van der Waals surface area (Å²) < 4.78 is 0. The van der Waals surface area contributed by atoms with Gasteiger partial charge in [0.05, 0.1) is 5.69 Å². The van der Waals surface area contributed by atoms with E-state index in [4.69, 9.17) is 0 Å². The van der Waals surface area contributed by atoms with Crippen LogP contribution in [0.3, 0.4) is 0 Å². The van der Waals surface area contributed by atoms with Crippen LogP contribution in [0.15, 0.2) is 35.7 Å². The van der Waals surface area contributed by atoms with Crippen molar-refractivity contribution in [3.8, 4) is 11.3 Å². The zero-order valence-corrected chi connectivity index (χ0v) is 15.4. The molecule has 1 aromatic carbocycles. The molecule has 2 rings (SSSR count). The number of carbonyl (C=O) groups excluding carboxylic acids is 2. The van der Waals surface area contributed by atoms with Crippen LogP contribution in [-0.4, -0.2) is 23.3 Å². The summed E-state index contributed by atoms with van der Waals surface area (Å²) in [4.78, 5) is 27.5. The molecule has 0 saturated carbocycles. The molecule has 0 bridgehead atoms. The summed E-state index contributed by atoms with van der Waals surface area (Å²) in [6.45, 7) is 2.57. The average Bonchev–Trinajstić information content (AvgIpc) is 3.09. The summed E-state index contributed by atoms with van der Waals surface area (Å²) in [6, 6.07) is 9.92. The van der Waals surface area contributed by atoms with Gasteiger partial charge in [0.2, 0.25) is 11.8 Å². The molecule has 0 radical (unpaired) electrons. The van der Waals surface area contributed by atoms with Gasteiger partial charge in [-0.3, -0.25) is 9.59 Å². The lowest BCUT2D eigenvalue weighted by molar-refractivity contribution is -0.120. The normalized spacial score (nSPS) is 10.4. The van der Waals surface area contributed by atoms with E-state index in [9.17, 15) is 9.59 Å². The number of nitrogens with zero attached hydrogens (tertiary/aromatic N) is 1. The molecular formula is C19H25N3O2S. The Bertz CT molecular complexity index is 670. The second kappa shape index (κ2) is 10.6. The molecule has 0 fully saturated rings. The lowest BCUT2D eigenvalue weighted by atomic mass is 10.1. The first-order valence-electron chi connectivity index (χ1n) is 8.76. The minimum absolute atomic E-state index is 0.00764. The van der Waals surface area contributed by atoms with Crippen molar-refractivity contribution in [1.29, 1.82) is 0 Å². The van der Waals surface area contributed by atoms with E-state index in [1.807, 2.05) is 42.6 Å². The van der Waals surface area contributed by atoms with E-state index in [1.54, 1.807) is 0 Å². The first-order valence-corrected chi connectivity index (χ1v) is 9.64. The molecule has 0 spiro atoms. The first-order chi connectivity index (χ1) is 12.2. The Hall–Kier alpha value is -2.21. The van der Waals surface area contributed by atoms with Gasteiger partial charge >= 0.3 is 0 Å². The fourth-order valence-corrected chi connectivity index (χ4v) is 3.11. The van der Waals surface area contributed by atoms with E-state index in [-0.39, 0.29) is 11.8 Å². The van der Waals surface area contributed by atoms with Gasteiger partial charge in [0.25, 0.3) is 0 Å². The second-order valence-corrected chi connectivity index (χ2v) is 6.68. The van der Waals surface area contributed by atoms with Gasteiger partial charge in [0.1, 0.15) is 0 Å². The lowest BCUT2D eigenvalue weighted by Gasteiger charge is -2.04. The zero-order valence-electron chi connectivity index (χ0n) is 14.6. The maximum absolute atomic E-state index is 12.0. The van der Waals surface area contributed by atoms with Crippen molar-refractivity contribution >= 4 is 28.3 Å². The number of thiazole rings is 1. The van der Waals surface area contributed by atoms with Crippen LogP contribution in [0.2, 0.25) is 0 Å². The number of anilines is 1. The molecule has 0 saturated heterocycles. The Morgan fingerprint density at radius 2 is 1.80 bits per heavy atom. The highest BCUT2D eigenvalue weighted by atomic mass is 32.1. The van der Waals surface area contributed by atoms with E-state index in [0.29, 0.717) is 18.0 Å². The van der Waals surface area contributed by atoms with Gasteiger partial charge in [0.15, 0.2) is 5.13 Å². The third kappa shape index (κ3) is 7.05. The van der Waals surface area contributed by atoms with Crippen LogP contribution in [0, 0.1) is 0 Å². The lowest BCUT2D eigenvalue weighted by Crippen LogP contribution is -2.23. The van der Waals surface area contributed by atoms with Crippen molar-refractivity contribution in [3.05, 3.63) is 35.7 Å². The molecule has 134 valence electrons. The molecule has 2 N–H and O–H groups in total. The molecule has 2 aromatic rings. The van der Waals surface area contributed by atoms with Crippen LogP contribution in [-0.2, 0) is 9.59 Å². The van der Waals surface area contributed by atoms with Crippen LogP contribution in [0.4, 0.5) is 5.13 Å². The predicted molar refractivity (Wildman–Crippen MR) is 103 cm³/mol. The predicted octanol–water partition coefficient (Wildman–Crippen LogP) is 4.23. The smallest absolute Gasteiger partial charge is 0.226 e. The van der Waals surface area contributed by atoms with Gasteiger partial charge in [-0.25, -0.2) is 4.98 Å². The summed E-state index contributed by atoms with van der Waals surface area (Å²) in [5.74, 6) is 0.103. The van der Waals surface area contributed by atoms with Gasteiger partial charge in [-0.2, -0.15) is 0 Å². The molecule has 0 aliphatic heterocycles. The molecule has 2 amide bonds. The Morgan fingerprint density at radius 1 is 1.04 bits per heavy atom. The minimum Gasteiger partial charge on any atom is -0.356 e. The molecule has 25 heavy (non-hydrogen) atoms. The van der Waals surface area contributed by atoms with Crippen LogP contribution in [0.1, 0.15) is 45.4 Å². The summed E-state index contributed by atoms with van der Waals surface area (Å²) in [5, 5.41) is 8.32. The van der Waals surface area contributed by atoms with Crippen LogP contribution in [0.25, 0.3) is 11.3 Å². The fraction of sp³-hybridized carbons (Fsp3) is 0.421. The number of carbonyl (C=O) groups is 2. The fourth-order valence-electron chi connectivity index (χ4n) is 2.37. The van der Waals surface area contributed by atoms with Crippen molar-refractivity contribution in [2.45, 2.75) is 45.4 Å². The van der Waals surface area contributed by atoms with E-state index in [0.717, 1.165) is 43.5 Å². The Morgan fingerprint density at radius 3 is 2.56 bits per heavy atom. The quantitative estimate of drug-likeness (QED) is 0.624. The SMILES string of the molecule is CCC(=O)NCCCCCCC(=O)Nc1nc(-c2ccccc2)cs1. The number of nitrogens with one attached hydrogen (secondary N) is 2. The largest absolute Gasteiger partial charge is 0.356 e. The van der Waals surface area contributed by atoms with Crippen molar-refractivity contribution < 1.29 is 9.59 Å². The molecule has 5 nitrogen and oxygen atoms in total. The number of hydrogen-bond donors (Lipinski definition) is 2. The number of hydrogen-bond acceptors (Lipinski definition) is 4. The van der Waals surface area contributed by atoms with Crippen LogP contribution >= 0.6 is 11.3 Å². The molecule has 6 heteroatoms. The summed E-state index contributed by atoms with van der Waals surface area (Å²) in [6.07, 6.45) is 4.85. The minimum atomic E-state index is 0.00764. The second-order valence-electron chi connectivity index (χ2n) is 5.82. The molecule has 0 aliphatic rings. The third-order valence-electron chi connectivity index (χ3n) is 3.79. The summed E-state index contributed by atoms with van der Waals surface area (Å²) in [7, 11) is 0. The van der Waals surface area contributed by atoms with Crippen LogP contribution < -0.4 is 10.6 Å². The van der Waals surface area contributed by atoms with Crippen molar-refractivity contribution in [1.82, 2.24) is 10.3 Å². The van der Waals surface area contributed by atoms with Gasteiger partial charge < -0.3 is 10.6 Å². The van der Waals surface area contributed by atoms with Gasteiger partial charge in [-0.1, -0.05) is 50.1 Å². The first kappa shape index (κ1) is 19.1. The molecule has 1 aromatic heterocycles. The van der Waals surface area contributed by atoms with E-state index in [2.05, 4.69) is 15.6 Å². The summed E-state index contributed by atoms with van der Waals surface area (Å²) >= 11 is 1.44. The summed E-state index contributed by atoms with van der Waals surface area (Å²) in [5.41, 5.74) is 1.93. The highest BCUT2D eigenvalue weighted by molar-refractivity contribution is 7.14. The number of unbranched alkanes of at least 4 members (excludes halogenated alkanes) is 3. The Labute approximate surface area is 152 Å². The molecule has 1 heterocycles. The number of benzene rings is 1. The number of aromatic nitrogens is 1. The maximum Gasteiger partial charge on any atom is 0.226 e. The van der Waals surface area contributed by atoms with Crippen molar-refractivity contribution in [2.24, 2.45) is 0 Å². The maximum atomic E-state index is 12.0. The molecular weight excluding hydrogens is 334 g/mol. The third-order valence-corrected chi connectivity index (χ3v) is 4.55.